The van der Waals surface area contributed by atoms with Crippen LogP contribution >= 0.6 is 34.0 Å². The van der Waals surface area contributed by atoms with Gasteiger partial charge in [0.05, 0.1) is 33.6 Å². The van der Waals surface area contributed by atoms with Crippen molar-refractivity contribution < 1.29 is 0 Å². The number of rotatable bonds is 6. The molecule has 107 heavy (non-hydrogen) atoms. The zero-order valence-corrected chi connectivity index (χ0v) is 59.8. The van der Waals surface area contributed by atoms with Crippen LogP contribution in [0.25, 0.3) is 215 Å². The monoisotopic (exact) mass is 1410 g/mol. The smallest absolute Gasteiger partial charge is 0.160 e. The Morgan fingerprint density at radius 2 is 0.523 bits per heavy atom. The first-order valence-corrected chi connectivity index (χ1v) is 38.3. The maximum Gasteiger partial charge on any atom is 0.160 e. The maximum atomic E-state index is 5.19. The number of benzene rings is 17. The van der Waals surface area contributed by atoms with E-state index in [1.54, 1.807) is 0 Å². The van der Waals surface area contributed by atoms with Gasteiger partial charge in [0, 0.05) is 115 Å². The first kappa shape index (κ1) is 62.3. The highest BCUT2D eigenvalue weighted by Gasteiger charge is 2.20. The molecule has 0 amide bonds. The predicted octanol–water partition coefficient (Wildman–Crippen LogP) is 27.8. The average molecular weight is 1420 g/mol. The van der Waals surface area contributed by atoms with E-state index in [1.165, 1.54) is 109 Å². The van der Waals surface area contributed by atoms with Crippen molar-refractivity contribution >= 4 is 181 Å². The van der Waals surface area contributed by atoms with E-state index in [9.17, 15) is 0 Å². The standard InChI is InChI=1S/2C34H20N2S.C30H18N2S/c1-2-9-22(10-3-1)33-32-26-11-5-4-8-21(26)16-17-29(32)35-34(36-33)24-15-14-23-19-28-27-12-6-7-13-30(27)37-31(28)20-25(23)18-24;1-2-9-22(10-3-1)32-28-17-16-21-8-4-5-11-26(21)33(28)36-34(35-32)24-15-14-23-19-29-27-12-6-7-13-30(27)37-31(29)20-25(23)18-24;1-2-8-19(9-3-1)29-24-11-4-6-12-26(24)31-30(32-29)21-15-14-20-17-25-23-10-5-7-13-27(23)33-28(25)18-22(20)16-21/h2*1-20H;1-18H. The van der Waals surface area contributed by atoms with Crippen LogP contribution in [0.3, 0.4) is 0 Å². The summed E-state index contributed by atoms with van der Waals surface area (Å²) in [6.07, 6.45) is 0. The topological polar surface area (TPSA) is 77.3 Å². The molecule has 0 aliphatic rings. The van der Waals surface area contributed by atoms with Gasteiger partial charge in [-0.25, -0.2) is 29.9 Å². The van der Waals surface area contributed by atoms with E-state index in [2.05, 4.69) is 322 Å². The Labute approximate surface area is 626 Å². The minimum atomic E-state index is 0.750. The molecule has 0 fully saturated rings. The van der Waals surface area contributed by atoms with Crippen molar-refractivity contribution in [2.75, 3.05) is 0 Å². The third-order valence-electron chi connectivity index (χ3n) is 20.7. The summed E-state index contributed by atoms with van der Waals surface area (Å²) in [6, 6.07) is 125. The molecule has 9 heteroatoms. The number of nitrogens with zero attached hydrogens (tertiary/aromatic N) is 6. The summed E-state index contributed by atoms with van der Waals surface area (Å²) in [5.74, 6) is 2.26. The molecular formula is C98H58N6S3. The number of thiophene rings is 3. The largest absolute Gasteiger partial charge is 0.228 e. The molecule has 0 spiro atoms. The summed E-state index contributed by atoms with van der Waals surface area (Å²) in [4.78, 5) is 30.5. The van der Waals surface area contributed by atoms with Gasteiger partial charge in [0.25, 0.3) is 0 Å². The molecule has 23 rings (SSSR count). The quantitative estimate of drug-likeness (QED) is 0.154. The number of fused-ring (bicyclic) bond motifs is 19. The van der Waals surface area contributed by atoms with Crippen molar-refractivity contribution in [1.82, 2.24) is 29.9 Å². The van der Waals surface area contributed by atoms with Gasteiger partial charge in [-0.1, -0.05) is 261 Å². The van der Waals surface area contributed by atoms with Gasteiger partial charge in [-0.3, -0.25) is 0 Å². The number of para-hydroxylation sites is 1. The molecule has 0 atom stereocenters. The molecule has 0 radical (unpaired) electrons. The van der Waals surface area contributed by atoms with Gasteiger partial charge in [-0.15, -0.1) is 34.0 Å². The summed E-state index contributed by atoms with van der Waals surface area (Å²) >= 11 is 5.55. The normalized spacial score (nSPS) is 11.7. The van der Waals surface area contributed by atoms with Crippen molar-refractivity contribution in [3.8, 4) is 67.9 Å². The van der Waals surface area contributed by atoms with Crippen LogP contribution in [-0.4, -0.2) is 29.9 Å². The van der Waals surface area contributed by atoms with Crippen LogP contribution in [0.15, 0.2) is 352 Å². The zero-order valence-electron chi connectivity index (χ0n) is 57.4. The molecule has 0 bridgehead atoms. The summed E-state index contributed by atoms with van der Waals surface area (Å²) in [5.41, 5.74) is 12.2. The number of aromatic nitrogens is 6. The maximum absolute atomic E-state index is 5.19. The van der Waals surface area contributed by atoms with Crippen LogP contribution in [-0.2, 0) is 0 Å². The first-order chi connectivity index (χ1) is 53.0. The Balaban J connectivity index is 0.000000103. The molecule has 0 aliphatic carbocycles. The van der Waals surface area contributed by atoms with Crippen molar-refractivity contribution in [2.24, 2.45) is 0 Å². The number of hydrogen-bond acceptors (Lipinski definition) is 9. The Morgan fingerprint density at radius 1 is 0.168 bits per heavy atom. The van der Waals surface area contributed by atoms with Crippen LogP contribution in [0, 0.1) is 0 Å². The molecule has 23 aromatic rings. The molecular weight excluding hydrogens is 1360 g/mol. The highest BCUT2D eigenvalue weighted by molar-refractivity contribution is 7.26. The molecule has 0 unspecified atom stereocenters. The minimum Gasteiger partial charge on any atom is -0.228 e. The van der Waals surface area contributed by atoms with Crippen LogP contribution in [0.4, 0.5) is 0 Å². The van der Waals surface area contributed by atoms with Gasteiger partial charge in [-0.2, -0.15) is 0 Å². The zero-order chi connectivity index (χ0) is 70.5. The molecule has 0 aliphatic heterocycles. The van der Waals surface area contributed by atoms with E-state index in [-0.39, 0.29) is 0 Å². The summed E-state index contributed by atoms with van der Waals surface area (Å²) in [5, 5.41) is 23.2. The second kappa shape index (κ2) is 25.8. The van der Waals surface area contributed by atoms with Gasteiger partial charge in [0.2, 0.25) is 0 Å². The van der Waals surface area contributed by atoms with E-state index in [0.717, 1.165) is 106 Å². The highest BCUT2D eigenvalue weighted by Crippen LogP contribution is 2.43. The summed E-state index contributed by atoms with van der Waals surface area (Å²) < 4.78 is 7.90. The number of hydrogen-bond donors (Lipinski definition) is 0. The molecule has 6 aromatic heterocycles. The van der Waals surface area contributed by atoms with E-state index in [1.807, 2.05) is 64.3 Å². The lowest BCUT2D eigenvalue weighted by molar-refractivity contribution is 1.23. The van der Waals surface area contributed by atoms with Crippen LogP contribution in [0.2, 0.25) is 0 Å². The second-order valence-electron chi connectivity index (χ2n) is 27.2. The van der Waals surface area contributed by atoms with Crippen LogP contribution in [0.1, 0.15) is 0 Å². The van der Waals surface area contributed by atoms with Gasteiger partial charge < -0.3 is 0 Å². The molecule has 6 nitrogen and oxygen atoms in total. The minimum absolute atomic E-state index is 0.750. The lowest BCUT2D eigenvalue weighted by Gasteiger charge is -2.12. The summed E-state index contributed by atoms with van der Waals surface area (Å²) in [7, 11) is 0. The fourth-order valence-corrected chi connectivity index (χ4v) is 18.9. The SMILES string of the molecule is c1ccc(-c2nc(-c3ccc4cc5c(cc4c3)sc3ccccc35)nc3c2ccc2ccccc23)cc1.c1ccc(-c2nc(-c3ccc4cc5c(cc4c3)sc3ccccc35)nc3ccc4ccccc4c23)cc1.c1ccc(-c2nc(-c3ccc4cc5c(cc4c3)sc3ccccc35)nc3ccccc23)cc1. The third kappa shape index (κ3) is 11.1. The van der Waals surface area contributed by atoms with E-state index >= 15 is 0 Å². The Morgan fingerprint density at radius 3 is 1.02 bits per heavy atom. The lowest BCUT2D eigenvalue weighted by Crippen LogP contribution is -1.96. The summed E-state index contributed by atoms with van der Waals surface area (Å²) in [6.45, 7) is 0. The fourth-order valence-electron chi connectivity index (χ4n) is 15.5. The molecule has 0 saturated heterocycles. The molecule has 0 saturated carbocycles. The molecule has 498 valence electrons. The Hall–Kier alpha value is -13.3. The second-order valence-corrected chi connectivity index (χ2v) is 30.4. The molecule has 17 aromatic carbocycles. The lowest BCUT2D eigenvalue weighted by atomic mass is 9.99. The molecule has 6 heterocycles. The van der Waals surface area contributed by atoms with E-state index < -0.39 is 0 Å². The van der Waals surface area contributed by atoms with Gasteiger partial charge >= 0.3 is 0 Å². The molecule has 0 N–H and O–H groups in total. The van der Waals surface area contributed by atoms with Crippen molar-refractivity contribution in [3.63, 3.8) is 0 Å². The average Bonchev–Trinajstić information content (AvgIpc) is 1.16. The fraction of sp³-hybridized carbons (Fsp3) is 0. The van der Waals surface area contributed by atoms with Crippen molar-refractivity contribution in [1.29, 1.82) is 0 Å². The first-order valence-electron chi connectivity index (χ1n) is 35.9. The van der Waals surface area contributed by atoms with Crippen LogP contribution in [0.5, 0.6) is 0 Å². The van der Waals surface area contributed by atoms with Crippen molar-refractivity contribution in [3.05, 3.63) is 352 Å². The Bertz CT molecular complexity index is 7520. The van der Waals surface area contributed by atoms with Crippen molar-refractivity contribution in [2.45, 2.75) is 0 Å². The highest BCUT2D eigenvalue weighted by atomic mass is 32.1. The van der Waals surface area contributed by atoms with Crippen LogP contribution < -0.4 is 0 Å². The van der Waals surface area contributed by atoms with E-state index in [4.69, 9.17) is 29.9 Å². The van der Waals surface area contributed by atoms with Gasteiger partial charge in [0.1, 0.15) is 0 Å². The van der Waals surface area contributed by atoms with Gasteiger partial charge in [0.15, 0.2) is 17.5 Å². The van der Waals surface area contributed by atoms with Gasteiger partial charge in [-0.05, 0) is 139 Å². The Kier molecular flexibility index (Phi) is 15.0. The predicted molar refractivity (Wildman–Crippen MR) is 457 cm³/mol. The van der Waals surface area contributed by atoms with E-state index in [0.29, 0.717) is 0 Å². The third-order valence-corrected chi connectivity index (χ3v) is 24.1.